The molecule has 2 heterocycles. The summed E-state index contributed by atoms with van der Waals surface area (Å²) < 4.78 is 26.4. The molecule has 0 saturated carbocycles. The normalized spacial score (nSPS) is 16.2. The van der Waals surface area contributed by atoms with Crippen LogP contribution in [0.25, 0.3) is 11.1 Å². The van der Waals surface area contributed by atoms with Crippen molar-refractivity contribution in [3.05, 3.63) is 82.7 Å². The van der Waals surface area contributed by atoms with Crippen LogP contribution in [0.2, 0.25) is 0 Å². The van der Waals surface area contributed by atoms with Crippen molar-refractivity contribution in [2.24, 2.45) is 0 Å². The Morgan fingerprint density at radius 3 is 2.75 bits per heavy atom. The molecule has 5 rings (SSSR count). The second-order valence-electron chi connectivity index (χ2n) is 9.20. The van der Waals surface area contributed by atoms with Gasteiger partial charge in [0.1, 0.15) is 17.3 Å². The summed E-state index contributed by atoms with van der Waals surface area (Å²) in [6.07, 6.45) is 0.616. The van der Waals surface area contributed by atoms with Gasteiger partial charge in [-0.2, -0.15) is 0 Å². The average Bonchev–Trinajstić information content (AvgIpc) is 3.27. The van der Waals surface area contributed by atoms with E-state index in [1.807, 2.05) is 31.2 Å². The van der Waals surface area contributed by atoms with Gasteiger partial charge in [-0.25, -0.2) is 4.39 Å². The third-order valence-electron chi connectivity index (χ3n) is 6.92. The quantitative estimate of drug-likeness (QED) is 0.507. The van der Waals surface area contributed by atoms with E-state index in [2.05, 4.69) is 0 Å². The zero-order chi connectivity index (χ0) is 25.2. The van der Waals surface area contributed by atoms with Gasteiger partial charge in [-0.15, -0.1) is 0 Å². The summed E-state index contributed by atoms with van der Waals surface area (Å²) in [6, 6.07) is 16.2. The van der Waals surface area contributed by atoms with Gasteiger partial charge in [-0.1, -0.05) is 30.3 Å². The molecule has 0 aromatic heterocycles. The Hall–Kier alpha value is -3.87. The Kier molecular flexibility index (Phi) is 6.63. The fourth-order valence-electron chi connectivity index (χ4n) is 5.19. The SMILES string of the molecule is CCOc1ccc(CC(=O)O)cc1-c1ccc(F)c2c1CN(C(=O)C[C@@H]1COc3ccccc31)CC2. The van der Waals surface area contributed by atoms with Gasteiger partial charge in [0.15, 0.2) is 0 Å². The molecule has 1 N–H and O–H groups in total. The van der Waals surface area contributed by atoms with Crippen LogP contribution in [-0.2, 0) is 29.0 Å². The molecular formula is C29H28FNO5. The molecule has 0 radical (unpaired) electrons. The Morgan fingerprint density at radius 1 is 1.11 bits per heavy atom. The predicted molar refractivity (Wildman–Crippen MR) is 133 cm³/mol. The maximum atomic E-state index is 14.9. The molecule has 7 heteroatoms. The highest BCUT2D eigenvalue weighted by molar-refractivity contribution is 5.81. The van der Waals surface area contributed by atoms with E-state index in [1.54, 1.807) is 29.2 Å². The fraction of sp³-hybridized carbons (Fsp3) is 0.310. The zero-order valence-corrected chi connectivity index (χ0v) is 20.1. The molecule has 0 aliphatic carbocycles. The van der Waals surface area contributed by atoms with Crippen LogP contribution in [0.5, 0.6) is 11.5 Å². The second-order valence-corrected chi connectivity index (χ2v) is 9.20. The highest BCUT2D eigenvalue weighted by Gasteiger charge is 2.31. The molecule has 36 heavy (non-hydrogen) atoms. The summed E-state index contributed by atoms with van der Waals surface area (Å²) in [5.41, 5.74) is 4.48. The van der Waals surface area contributed by atoms with Gasteiger partial charge in [0.05, 0.1) is 19.6 Å². The number of carboxylic acid groups (broad SMARTS) is 1. The number of benzene rings is 3. The van der Waals surface area contributed by atoms with Crippen molar-refractivity contribution in [3.8, 4) is 22.6 Å². The smallest absolute Gasteiger partial charge is 0.307 e. The molecule has 2 aliphatic heterocycles. The number of para-hydroxylation sites is 1. The first-order chi connectivity index (χ1) is 17.4. The first-order valence-corrected chi connectivity index (χ1v) is 12.2. The summed E-state index contributed by atoms with van der Waals surface area (Å²) in [5.74, 6) is 0.209. The van der Waals surface area contributed by atoms with Crippen LogP contribution in [0.15, 0.2) is 54.6 Å². The van der Waals surface area contributed by atoms with Crippen LogP contribution < -0.4 is 9.47 Å². The third-order valence-corrected chi connectivity index (χ3v) is 6.92. The summed E-state index contributed by atoms with van der Waals surface area (Å²) in [4.78, 5) is 26.4. The number of carbonyl (C=O) groups is 2. The maximum absolute atomic E-state index is 14.9. The van der Waals surface area contributed by atoms with Crippen LogP contribution in [0.3, 0.4) is 0 Å². The molecule has 1 amide bonds. The zero-order valence-electron chi connectivity index (χ0n) is 20.1. The number of halogens is 1. The minimum Gasteiger partial charge on any atom is -0.493 e. The molecule has 3 aromatic rings. The summed E-state index contributed by atoms with van der Waals surface area (Å²) in [5, 5.41) is 9.27. The summed E-state index contributed by atoms with van der Waals surface area (Å²) in [7, 11) is 0. The number of fused-ring (bicyclic) bond motifs is 2. The largest absolute Gasteiger partial charge is 0.493 e. The monoisotopic (exact) mass is 489 g/mol. The molecule has 186 valence electrons. The highest BCUT2D eigenvalue weighted by Crippen LogP contribution is 2.39. The molecule has 0 fully saturated rings. The lowest BCUT2D eigenvalue weighted by Gasteiger charge is -2.31. The average molecular weight is 490 g/mol. The molecule has 0 unspecified atom stereocenters. The highest BCUT2D eigenvalue weighted by atomic mass is 19.1. The lowest BCUT2D eigenvalue weighted by molar-refractivity contribution is -0.136. The van der Waals surface area contributed by atoms with Gasteiger partial charge in [-0.3, -0.25) is 9.59 Å². The van der Waals surface area contributed by atoms with E-state index < -0.39 is 5.97 Å². The molecule has 0 spiro atoms. The third kappa shape index (κ3) is 4.65. The molecule has 6 nitrogen and oxygen atoms in total. The maximum Gasteiger partial charge on any atom is 0.307 e. The van der Waals surface area contributed by atoms with Crippen LogP contribution in [0.4, 0.5) is 4.39 Å². The molecule has 1 atom stereocenters. The van der Waals surface area contributed by atoms with E-state index in [-0.39, 0.29) is 30.6 Å². The van der Waals surface area contributed by atoms with Crippen LogP contribution in [0, 0.1) is 5.82 Å². The number of ether oxygens (including phenoxy) is 2. The number of nitrogens with zero attached hydrogens (tertiary/aromatic N) is 1. The lowest BCUT2D eigenvalue weighted by atomic mass is 9.89. The molecule has 2 aliphatic rings. The number of amides is 1. The van der Waals surface area contributed by atoms with Crippen molar-refractivity contribution in [2.75, 3.05) is 19.8 Å². The van der Waals surface area contributed by atoms with Crippen molar-refractivity contribution in [2.45, 2.75) is 38.6 Å². The van der Waals surface area contributed by atoms with Gasteiger partial charge in [0, 0.05) is 36.6 Å². The van der Waals surface area contributed by atoms with Gasteiger partial charge >= 0.3 is 5.97 Å². The molecule has 3 aromatic carbocycles. The minimum atomic E-state index is -0.930. The Bertz CT molecular complexity index is 1320. The number of rotatable bonds is 7. The van der Waals surface area contributed by atoms with E-state index in [0.717, 1.165) is 22.4 Å². The van der Waals surface area contributed by atoms with Gasteiger partial charge < -0.3 is 19.5 Å². The summed E-state index contributed by atoms with van der Waals surface area (Å²) >= 11 is 0. The van der Waals surface area contributed by atoms with Crippen LogP contribution in [0.1, 0.15) is 41.5 Å². The van der Waals surface area contributed by atoms with Crippen LogP contribution >= 0.6 is 0 Å². The van der Waals surface area contributed by atoms with Crippen molar-refractivity contribution >= 4 is 11.9 Å². The molecular weight excluding hydrogens is 461 g/mol. The van der Waals surface area contributed by atoms with Crippen molar-refractivity contribution < 1.29 is 28.6 Å². The molecule has 0 saturated heterocycles. The van der Waals surface area contributed by atoms with Gasteiger partial charge in [0.25, 0.3) is 0 Å². The van der Waals surface area contributed by atoms with E-state index >= 15 is 0 Å². The number of hydrogen-bond donors (Lipinski definition) is 1. The van der Waals surface area contributed by atoms with Crippen molar-refractivity contribution in [3.63, 3.8) is 0 Å². The summed E-state index contributed by atoms with van der Waals surface area (Å²) in [6.45, 7) is 3.51. The van der Waals surface area contributed by atoms with E-state index in [4.69, 9.17) is 9.47 Å². The number of aliphatic carboxylic acids is 1. The topological polar surface area (TPSA) is 76.1 Å². The number of hydrogen-bond acceptors (Lipinski definition) is 4. The Labute approximate surface area is 209 Å². The van der Waals surface area contributed by atoms with Crippen molar-refractivity contribution in [1.82, 2.24) is 4.90 Å². The Balaban J connectivity index is 1.46. The lowest BCUT2D eigenvalue weighted by Crippen LogP contribution is -2.37. The van der Waals surface area contributed by atoms with E-state index in [9.17, 15) is 19.1 Å². The second kappa shape index (κ2) is 10.0. The van der Waals surface area contributed by atoms with Gasteiger partial charge in [-0.05, 0) is 59.9 Å². The van der Waals surface area contributed by atoms with Gasteiger partial charge in [0.2, 0.25) is 5.91 Å². The number of carbonyl (C=O) groups excluding carboxylic acids is 1. The Morgan fingerprint density at radius 2 is 1.94 bits per heavy atom. The van der Waals surface area contributed by atoms with E-state index in [1.165, 1.54) is 6.07 Å². The minimum absolute atomic E-state index is 0.000617. The van der Waals surface area contributed by atoms with Crippen molar-refractivity contribution in [1.29, 1.82) is 0 Å². The standard InChI is InChI=1S/C29H28FNO5/c1-2-35-27-10-7-18(14-29(33)34)13-23(27)21-8-9-25(30)22-11-12-31(16-24(21)22)28(32)15-19-17-36-26-6-4-3-5-20(19)26/h3-10,13,19H,2,11-12,14-17H2,1H3,(H,33,34)/t19-/m1/s1. The first-order valence-electron chi connectivity index (χ1n) is 12.2. The van der Waals surface area contributed by atoms with E-state index in [0.29, 0.717) is 55.0 Å². The predicted octanol–water partition coefficient (Wildman–Crippen LogP) is 4.97. The first kappa shape index (κ1) is 23.9. The fourth-order valence-corrected chi connectivity index (χ4v) is 5.19. The number of carboxylic acids is 1. The molecule has 0 bridgehead atoms. The van der Waals surface area contributed by atoms with Crippen LogP contribution in [-0.4, -0.2) is 41.6 Å².